The van der Waals surface area contributed by atoms with Crippen LogP contribution in [0.3, 0.4) is 0 Å². The van der Waals surface area contributed by atoms with Crippen LogP contribution in [0, 0.1) is 11.7 Å². The maximum atomic E-state index is 14.0. The third-order valence-corrected chi connectivity index (χ3v) is 7.18. The quantitative estimate of drug-likeness (QED) is 0.800. The molecule has 2 fully saturated rings. The molecule has 1 heterocycles. The second-order valence-electron chi connectivity index (χ2n) is 6.64. The van der Waals surface area contributed by atoms with Crippen LogP contribution in [0.4, 0.5) is 4.39 Å². The third kappa shape index (κ3) is 3.99. The number of carbonyl (C=O) groups is 1. The smallest absolute Gasteiger partial charge is 0.246 e. The fraction of sp³-hybridized carbons (Fsp3) is 0.588. The van der Waals surface area contributed by atoms with E-state index in [2.05, 4.69) is 0 Å². The molecule has 0 atom stereocenters. The minimum atomic E-state index is -3.92. The van der Waals surface area contributed by atoms with Gasteiger partial charge in [0.05, 0.1) is 0 Å². The van der Waals surface area contributed by atoms with Crippen LogP contribution in [0.15, 0.2) is 23.1 Å². The summed E-state index contributed by atoms with van der Waals surface area (Å²) in [6, 6.07) is 3.55. The predicted octanol–water partition coefficient (Wildman–Crippen LogP) is 2.89. The Morgan fingerprint density at radius 1 is 1.08 bits per heavy atom. The molecule has 0 radical (unpaired) electrons. The summed E-state index contributed by atoms with van der Waals surface area (Å²) in [6.07, 6.45) is 5.20. The van der Waals surface area contributed by atoms with Crippen molar-refractivity contribution in [2.75, 3.05) is 26.2 Å². The Kier molecular flexibility index (Phi) is 5.65. The fourth-order valence-electron chi connectivity index (χ4n) is 3.58. The molecular weight excluding hydrogens is 367 g/mol. The highest BCUT2D eigenvalue weighted by atomic mass is 35.5. The van der Waals surface area contributed by atoms with Gasteiger partial charge in [-0.05, 0) is 31.0 Å². The summed E-state index contributed by atoms with van der Waals surface area (Å²) in [7, 11) is -3.92. The van der Waals surface area contributed by atoms with Crippen molar-refractivity contribution in [3.63, 3.8) is 0 Å². The molecule has 1 aromatic carbocycles. The number of hydrogen-bond acceptors (Lipinski definition) is 3. The highest BCUT2D eigenvalue weighted by molar-refractivity contribution is 7.89. The highest BCUT2D eigenvalue weighted by Crippen LogP contribution is 2.27. The molecule has 25 heavy (non-hydrogen) atoms. The maximum absolute atomic E-state index is 14.0. The Morgan fingerprint density at radius 2 is 1.72 bits per heavy atom. The number of benzene rings is 1. The van der Waals surface area contributed by atoms with E-state index in [-0.39, 0.29) is 34.8 Å². The molecule has 1 aliphatic heterocycles. The van der Waals surface area contributed by atoms with E-state index in [1.807, 2.05) is 0 Å². The van der Waals surface area contributed by atoms with E-state index in [1.54, 1.807) is 4.90 Å². The molecule has 138 valence electrons. The van der Waals surface area contributed by atoms with Gasteiger partial charge in [-0.15, -0.1) is 0 Å². The van der Waals surface area contributed by atoms with Gasteiger partial charge >= 0.3 is 0 Å². The van der Waals surface area contributed by atoms with Crippen LogP contribution in [-0.4, -0.2) is 49.7 Å². The first-order valence-electron chi connectivity index (χ1n) is 8.63. The number of rotatable bonds is 3. The number of nitrogens with zero attached hydrogens (tertiary/aromatic N) is 2. The van der Waals surface area contributed by atoms with Crippen molar-refractivity contribution in [3.8, 4) is 0 Å². The van der Waals surface area contributed by atoms with E-state index < -0.39 is 15.8 Å². The van der Waals surface area contributed by atoms with Gasteiger partial charge in [-0.1, -0.05) is 30.9 Å². The van der Waals surface area contributed by atoms with Crippen LogP contribution in [0.1, 0.15) is 32.1 Å². The van der Waals surface area contributed by atoms with E-state index in [0.717, 1.165) is 31.7 Å². The molecule has 1 saturated heterocycles. The summed E-state index contributed by atoms with van der Waals surface area (Å²) in [5, 5.41) is 0.152. The molecule has 3 rings (SSSR count). The van der Waals surface area contributed by atoms with Crippen molar-refractivity contribution < 1.29 is 17.6 Å². The number of sulfonamides is 1. The van der Waals surface area contributed by atoms with Gasteiger partial charge in [0.1, 0.15) is 10.7 Å². The monoisotopic (exact) mass is 388 g/mol. The van der Waals surface area contributed by atoms with E-state index in [0.29, 0.717) is 13.1 Å². The molecule has 0 spiro atoms. The lowest BCUT2D eigenvalue weighted by atomic mass is 9.88. The van der Waals surface area contributed by atoms with Crippen LogP contribution >= 0.6 is 11.6 Å². The lowest BCUT2D eigenvalue weighted by Gasteiger charge is -2.36. The molecule has 8 heteroatoms. The Labute approximate surface area is 152 Å². The Balaban J connectivity index is 1.66. The lowest BCUT2D eigenvalue weighted by Crippen LogP contribution is -2.52. The SMILES string of the molecule is O=C(C1CCCCC1)N1CCN(S(=O)(=O)c2ccc(Cl)cc2F)CC1. The molecule has 0 bridgehead atoms. The number of amides is 1. The van der Waals surface area contributed by atoms with Gasteiger partial charge in [0.15, 0.2) is 0 Å². The standard InChI is InChI=1S/C17H22ClFN2O3S/c18-14-6-7-16(15(19)12-14)25(23,24)21-10-8-20(9-11-21)17(22)13-4-2-1-3-5-13/h6-7,12-13H,1-5,8-11H2. The molecule has 0 N–H and O–H groups in total. The van der Waals surface area contributed by atoms with Gasteiger partial charge < -0.3 is 4.90 Å². The summed E-state index contributed by atoms with van der Waals surface area (Å²) < 4.78 is 40.5. The van der Waals surface area contributed by atoms with Gasteiger partial charge in [-0.25, -0.2) is 12.8 Å². The zero-order valence-corrected chi connectivity index (χ0v) is 15.5. The first kappa shape index (κ1) is 18.6. The summed E-state index contributed by atoms with van der Waals surface area (Å²) in [4.78, 5) is 13.9. The van der Waals surface area contributed by atoms with E-state index in [9.17, 15) is 17.6 Å². The number of hydrogen-bond donors (Lipinski definition) is 0. The normalized spacial score (nSPS) is 20.6. The van der Waals surface area contributed by atoms with Gasteiger partial charge in [0.2, 0.25) is 15.9 Å². The lowest BCUT2D eigenvalue weighted by molar-refractivity contribution is -0.137. The zero-order chi connectivity index (χ0) is 18.0. The Morgan fingerprint density at radius 3 is 2.32 bits per heavy atom. The maximum Gasteiger partial charge on any atom is 0.246 e. The average molecular weight is 389 g/mol. The Hall–Kier alpha value is -1.18. The average Bonchev–Trinajstić information content (AvgIpc) is 2.61. The van der Waals surface area contributed by atoms with Gasteiger partial charge in [0.25, 0.3) is 0 Å². The summed E-state index contributed by atoms with van der Waals surface area (Å²) in [5.74, 6) is -0.645. The molecule has 1 aliphatic carbocycles. The Bertz CT molecular complexity index is 742. The van der Waals surface area contributed by atoms with E-state index >= 15 is 0 Å². The van der Waals surface area contributed by atoms with Crippen molar-refractivity contribution in [3.05, 3.63) is 29.0 Å². The van der Waals surface area contributed by atoms with E-state index in [1.165, 1.54) is 22.9 Å². The number of halogens is 2. The van der Waals surface area contributed by atoms with Gasteiger partial charge in [-0.2, -0.15) is 4.31 Å². The molecule has 0 unspecified atom stereocenters. The second-order valence-corrected chi connectivity index (χ2v) is 8.98. The fourth-order valence-corrected chi connectivity index (χ4v) is 5.21. The first-order chi connectivity index (χ1) is 11.9. The number of carbonyl (C=O) groups excluding carboxylic acids is 1. The van der Waals surface area contributed by atoms with Crippen LogP contribution in [0.2, 0.25) is 5.02 Å². The molecular formula is C17H22ClFN2O3S. The molecule has 2 aliphatic rings. The molecule has 1 saturated carbocycles. The molecule has 1 amide bonds. The minimum Gasteiger partial charge on any atom is -0.340 e. The van der Waals surface area contributed by atoms with Gasteiger partial charge in [0, 0.05) is 37.1 Å². The van der Waals surface area contributed by atoms with Crippen molar-refractivity contribution in [2.45, 2.75) is 37.0 Å². The van der Waals surface area contributed by atoms with Crippen LogP contribution in [-0.2, 0) is 14.8 Å². The summed E-state index contributed by atoms with van der Waals surface area (Å²) in [6.45, 7) is 1.07. The van der Waals surface area contributed by atoms with Crippen molar-refractivity contribution in [1.29, 1.82) is 0 Å². The molecule has 1 aromatic rings. The zero-order valence-electron chi connectivity index (χ0n) is 14.0. The topological polar surface area (TPSA) is 57.7 Å². The van der Waals surface area contributed by atoms with Crippen LogP contribution in [0.5, 0.6) is 0 Å². The summed E-state index contributed by atoms with van der Waals surface area (Å²) in [5.41, 5.74) is 0. The van der Waals surface area contributed by atoms with E-state index in [4.69, 9.17) is 11.6 Å². The number of piperazine rings is 1. The van der Waals surface area contributed by atoms with Crippen LogP contribution in [0.25, 0.3) is 0 Å². The van der Waals surface area contributed by atoms with Crippen molar-refractivity contribution >= 4 is 27.5 Å². The molecule has 0 aromatic heterocycles. The van der Waals surface area contributed by atoms with Crippen molar-refractivity contribution in [2.24, 2.45) is 5.92 Å². The second kappa shape index (κ2) is 7.60. The third-order valence-electron chi connectivity index (χ3n) is 5.02. The predicted molar refractivity (Wildman–Crippen MR) is 93.3 cm³/mol. The minimum absolute atomic E-state index is 0.0746. The largest absolute Gasteiger partial charge is 0.340 e. The molecule has 5 nitrogen and oxygen atoms in total. The van der Waals surface area contributed by atoms with Crippen LogP contribution < -0.4 is 0 Å². The van der Waals surface area contributed by atoms with Crippen molar-refractivity contribution in [1.82, 2.24) is 9.21 Å². The summed E-state index contributed by atoms with van der Waals surface area (Å²) >= 11 is 5.69. The first-order valence-corrected chi connectivity index (χ1v) is 10.5. The highest BCUT2D eigenvalue weighted by Gasteiger charge is 2.34. The van der Waals surface area contributed by atoms with Gasteiger partial charge in [-0.3, -0.25) is 4.79 Å².